The monoisotopic (exact) mass is 272 g/mol. The van der Waals surface area contributed by atoms with E-state index in [0.29, 0.717) is 6.54 Å². The zero-order chi connectivity index (χ0) is 11.8. The lowest BCUT2D eigenvalue weighted by atomic mass is 9.52. The molecule has 0 atom stereocenters. The Bertz CT molecular complexity index is 280. The number of hydrogen-bond donors (Lipinski definition) is 2. The highest BCUT2D eigenvalue weighted by Gasteiger charge is 2.47. The maximum Gasteiger partial charge on any atom is 0.233 e. The van der Waals surface area contributed by atoms with E-state index in [0.717, 1.165) is 36.1 Å². The molecule has 4 saturated carbocycles. The van der Waals surface area contributed by atoms with Crippen LogP contribution in [-0.2, 0) is 4.79 Å². The first kappa shape index (κ1) is 14.1. The third kappa shape index (κ3) is 2.67. The van der Waals surface area contributed by atoms with Crippen molar-refractivity contribution in [1.29, 1.82) is 0 Å². The average Bonchev–Trinajstić information content (AvgIpc) is 2.27. The Morgan fingerprint density at radius 3 is 2.11 bits per heavy atom. The molecule has 104 valence electrons. The van der Waals surface area contributed by atoms with E-state index >= 15 is 0 Å². The third-order valence-corrected chi connectivity index (χ3v) is 5.29. The van der Waals surface area contributed by atoms with Crippen molar-refractivity contribution in [3.63, 3.8) is 0 Å². The van der Waals surface area contributed by atoms with Gasteiger partial charge < -0.3 is 10.6 Å². The number of nitrogens with one attached hydrogen (secondary N) is 2. The van der Waals surface area contributed by atoms with Crippen LogP contribution in [0.3, 0.4) is 0 Å². The Kier molecular flexibility index (Phi) is 4.54. The van der Waals surface area contributed by atoms with Crippen molar-refractivity contribution in [1.82, 2.24) is 10.6 Å². The molecule has 0 spiro atoms. The highest BCUT2D eigenvalue weighted by Crippen LogP contribution is 2.56. The highest BCUT2D eigenvalue weighted by molar-refractivity contribution is 5.85. The van der Waals surface area contributed by atoms with Gasteiger partial charge in [-0.15, -0.1) is 12.4 Å². The summed E-state index contributed by atoms with van der Waals surface area (Å²) < 4.78 is 0. The van der Waals surface area contributed by atoms with Gasteiger partial charge in [-0.3, -0.25) is 4.79 Å². The summed E-state index contributed by atoms with van der Waals surface area (Å²) in [4.78, 5) is 11.5. The molecular formula is C14H25ClN2O. The summed E-state index contributed by atoms with van der Waals surface area (Å²) >= 11 is 0. The average molecular weight is 273 g/mol. The van der Waals surface area contributed by atoms with Gasteiger partial charge in [-0.2, -0.15) is 0 Å². The van der Waals surface area contributed by atoms with Crippen LogP contribution in [0.15, 0.2) is 0 Å². The topological polar surface area (TPSA) is 41.1 Å². The fourth-order valence-electron chi connectivity index (χ4n) is 4.83. The predicted octanol–water partition coefficient (Wildman–Crippen LogP) is 1.82. The van der Waals surface area contributed by atoms with E-state index in [1.807, 2.05) is 7.05 Å². The van der Waals surface area contributed by atoms with Gasteiger partial charge in [-0.25, -0.2) is 0 Å². The van der Waals surface area contributed by atoms with Crippen molar-refractivity contribution in [2.75, 3.05) is 20.1 Å². The van der Waals surface area contributed by atoms with Crippen LogP contribution in [0.5, 0.6) is 0 Å². The Hall–Kier alpha value is -0.280. The smallest absolute Gasteiger partial charge is 0.233 e. The molecule has 0 unspecified atom stereocenters. The van der Waals surface area contributed by atoms with Crippen molar-refractivity contribution >= 4 is 18.3 Å². The molecule has 0 aliphatic heterocycles. The van der Waals surface area contributed by atoms with E-state index < -0.39 is 0 Å². The maximum absolute atomic E-state index is 11.5. The van der Waals surface area contributed by atoms with Gasteiger partial charge in [0.2, 0.25) is 5.91 Å². The summed E-state index contributed by atoms with van der Waals surface area (Å²) in [7, 11) is 1.82. The summed E-state index contributed by atoms with van der Waals surface area (Å²) in [5.74, 6) is 4.83. The first-order chi connectivity index (χ1) is 8.26. The first-order valence-electron chi connectivity index (χ1n) is 7.17. The Morgan fingerprint density at radius 1 is 1.06 bits per heavy atom. The summed E-state index contributed by atoms with van der Waals surface area (Å²) in [6.45, 7) is 1.38. The van der Waals surface area contributed by atoms with Gasteiger partial charge >= 0.3 is 0 Å². The van der Waals surface area contributed by atoms with Gasteiger partial charge in [0.25, 0.3) is 0 Å². The quantitative estimate of drug-likeness (QED) is 0.820. The fraction of sp³-hybridized carbons (Fsp3) is 0.929. The van der Waals surface area contributed by atoms with Crippen molar-refractivity contribution in [3.05, 3.63) is 0 Å². The van der Waals surface area contributed by atoms with E-state index in [1.54, 1.807) is 0 Å². The second-order valence-corrected chi connectivity index (χ2v) is 6.43. The van der Waals surface area contributed by atoms with Gasteiger partial charge in [-0.1, -0.05) is 0 Å². The molecule has 18 heavy (non-hydrogen) atoms. The Labute approximate surface area is 116 Å². The number of carbonyl (C=O) groups is 1. The fourth-order valence-corrected chi connectivity index (χ4v) is 4.83. The van der Waals surface area contributed by atoms with Gasteiger partial charge in [0.1, 0.15) is 0 Å². The van der Waals surface area contributed by atoms with Crippen LogP contribution in [0.4, 0.5) is 0 Å². The van der Waals surface area contributed by atoms with Crippen molar-refractivity contribution < 1.29 is 4.79 Å². The third-order valence-electron chi connectivity index (χ3n) is 5.29. The summed E-state index contributed by atoms with van der Waals surface area (Å²) in [6.07, 6.45) is 7.28. The van der Waals surface area contributed by atoms with Gasteiger partial charge in [0, 0.05) is 6.54 Å². The van der Waals surface area contributed by atoms with E-state index in [4.69, 9.17) is 0 Å². The predicted molar refractivity (Wildman–Crippen MR) is 74.7 cm³/mol. The number of amides is 1. The molecule has 0 heterocycles. The van der Waals surface area contributed by atoms with Crippen LogP contribution in [-0.4, -0.2) is 26.0 Å². The first-order valence-corrected chi connectivity index (χ1v) is 7.17. The van der Waals surface area contributed by atoms with E-state index in [2.05, 4.69) is 10.6 Å². The molecule has 0 aromatic heterocycles. The Morgan fingerprint density at radius 2 is 1.61 bits per heavy atom. The zero-order valence-corrected chi connectivity index (χ0v) is 12.0. The molecule has 0 saturated heterocycles. The summed E-state index contributed by atoms with van der Waals surface area (Å²) in [6, 6.07) is 0. The minimum Gasteiger partial charge on any atom is -0.355 e. The Balaban J connectivity index is 0.00000120. The summed E-state index contributed by atoms with van der Waals surface area (Å²) in [5, 5.41) is 6.02. The van der Waals surface area contributed by atoms with E-state index in [-0.39, 0.29) is 18.3 Å². The van der Waals surface area contributed by atoms with Crippen LogP contribution in [0.25, 0.3) is 0 Å². The number of carbonyl (C=O) groups excluding carboxylic acids is 1. The van der Waals surface area contributed by atoms with Crippen LogP contribution in [0.1, 0.15) is 32.1 Å². The van der Waals surface area contributed by atoms with Crippen LogP contribution in [0.2, 0.25) is 0 Å². The largest absolute Gasteiger partial charge is 0.355 e. The molecular weight excluding hydrogens is 248 g/mol. The second kappa shape index (κ2) is 5.79. The summed E-state index contributed by atoms with van der Waals surface area (Å²) in [5.41, 5.74) is 0. The van der Waals surface area contributed by atoms with Crippen molar-refractivity contribution in [3.8, 4) is 0 Å². The van der Waals surface area contributed by atoms with Crippen molar-refractivity contribution in [2.24, 2.45) is 29.6 Å². The van der Waals surface area contributed by atoms with E-state index in [1.165, 1.54) is 32.1 Å². The lowest BCUT2D eigenvalue weighted by molar-refractivity contribution is -0.121. The normalized spacial score (nSPS) is 40.4. The SMILES string of the molecule is CNCC(=O)NCC1C2CC3CC(C2)CC1C3.Cl. The number of rotatable bonds is 4. The minimum absolute atomic E-state index is 0. The van der Waals surface area contributed by atoms with Crippen LogP contribution >= 0.6 is 12.4 Å². The molecule has 4 rings (SSSR count). The lowest BCUT2D eigenvalue weighted by Gasteiger charge is -2.54. The molecule has 1 amide bonds. The molecule has 4 aliphatic carbocycles. The lowest BCUT2D eigenvalue weighted by Crippen LogP contribution is -2.49. The molecule has 4 bridgehead atoms. The van der Waals surface area contributed by atoms with Gasteiger partial charge in [-0.05, 0) is 68.7 Å². The molecule has 4 heteroatoms. The molecule has 2 N–H and O–H groups in total. The zero-order valence-electron chi connectivity index (χ0n) is 11.2. The van der Waals surface area contributed by atoms with E-state index in [9.17, 15) is 4.79 Å². The highest BCUT2D eigenvalue weighted by atomic mass is 35.5. The molecule has 4 aliphatic rings. The second-order valence-electron chi connectivity index (χ2n) is 6.43. The molecule has 0 aromatic carbocycles. The van der Waals surface area contributed by atoms with Crippen molar-refractivity contribution in [2.45, 2.75) is 32.1 Å². The molecule has 0 aromatic rings. The van der Waals surface area contributed by atoms with Crippen LogP contribution in [0, 0.1) is 29.6 Å². The number of likely N-dealkylation sites (N-methyl/N-ethyl adjacent to an activating group) is 1. The van der Waals surface area contributed by atoms with Gasteiger partial charge in [0.15, 0.2) is 0 Å². The minimum atomic E-state index is 0. The number of halogens is 1. The number of hydrogen-bond acceptors (Lipinski definition) is 2. The molecule has 3 nitrogen and oxygen atoms in total. The van der Waals surface area contributed by atoms with Gasteiger partial charge in [0.05, 0.1) is 6.54 Å². The molecule has 0 radical (unpaired) electrons. The standard InChI is InChI=1S/C14H24N2O.ClH/c1-15-8-14(17)16-7-13-11-3-9-2-10(5-11)6-12(13)4-9;/h9-13,15H,2-8H2,1H3,(H,16,17);1H. The maximum atomic E-state index is 11.5. The molecule has 4 fully saturated rings. The van der Waals surface area contributed by atoms with Crippen LogP contribution < -0.4 is 10.6 Å².